The van der Waals surface area contributed by atoms with Gasteiger partial charge in [0.25, 0.3) is 0 Å². The third-order valence-electron chi connectivity index (χ3n) is 13.5. The van der Waals surface area contributed by atoms with Crippen LogP contribution in [-0.4, -0.2) is 61.4 Å². The molecular formula is C75H68AlBCl2F10N4NiO3. The number of nitrogens with zero attached hydrogens (tertiary/aromatic N) is 1. The van der Waals surface area contributed by atoms with Crippen LogP contribution >= 0.6 is 23.6 Å². The maximum absolute atomic E-state index is 13.3. The number of carbonyl (C=O) groups is 1. The number of halogens is 12. The predicted molar refractivity (Wildman–Crippen MR) is 367 cm³/mol. The Kier molecular flexibility index (Phi) is 39.0. The van der Waals surface area contributed by atoms with Gasteiger partial charge in [-0.3, -0.25) is 4.79 Å². The molecule has 97 heavy (non-hydrogen) atoms. The number of nitriles is 1. The standard InChI is InChI=1S/2C15H12ClF2N.C15H15F2NO.C15H11F2NO.C13H8F2O.2CH4.Al.B.Ni.2H/c2*16-19-8-7-15(11-3-1-5-13(17)9-11)12-4-2-6-14(18)10-12;2*16-13-5-1-3-11(9-13)15(19,7-8-18)12-4-2-6-14(17)10-12;14-11-5-1-3-9(7-11)13(16)10-4-2-6-12(15)8-10;;;;;;;/h2*1-7,9-10,19H,8H2;1-6,9-10,19H,7-8,18H2;1-6,9-10,19H,7H2;1-8H;2*1H4;;;;;. The number of aliphatic hydroxyl groups is 2. The van der Waals surface area contributed by atoms with Crippen LogP contribution < -0.4 is 15.4 Å². The minimum atomic E-state index is -1.72. The second-order valence-corrected chi connectivity index (χ2v) is 20.5. The molecule has 506 valence electrons. The molecule has 0 atom stereocenters. The Labute approximate surface area is 591 Å². The zero-order chi connectivity index (χ0) is 66.6. The summed E-state index contributed by atoms with van der Waals surface area (Å²) < 4.78 is 132. The second kappa shape index (κ2) is 43.7. The zero-order valence-electron chi connectivity index (χ0n) is 50.5. The molecule has 22 heteroatoms. The maximum Gasteiger partial charge on any atom is 0.193 e. The average Bonchev–Trinajstić information content (AvgIpc) is 0.806. The van der Waals surface area contributed by atoms with E-state index in [-0.39, 0.29) is 128 Å². The first-order valence-electron chi connectivity index (χ1n) is 27.9. The fourth-order valence-corrected chi connectivity index (χ4v) is 9.42. The van der Waals surface area contributed by atoms with Crippen LogP contribution in [0.2, 0.25) is 0 Å². The van der Waals surface area contributed by atoms with E-state index in [2.05, 4.69) is 9.67 Å². The van der Waals surface area contributed by atoms with Gasteiger partial charge in [0.2, 0.25) is 0 Å². The van der Waals surface area contributed by atoms with Gasteiger partial charge in [-0.05, 0) is 214 Å². The van der Waals surface area contributed by atoms with Crippen LogP contribution in [0.1, 0.15) is 88.1 Å². The molecule has 0 aliphatic carbocycles. The molecule has 0 spiro atoms. The van der Waals surface area contributed by atoms with E-state index in [4.69, 9.17) is 34.5 Å². The third-order valence-corrected chi connectivity index (χ3v) is 13.8. The van der Waals surface area contributed by atoms with Crippen LogP contribution in [0, 0.1) is 69.5 Å². The first-order chi connectivity index (χ1) is 44.2. The van der Waals surface area contributed by atoms with Gasteiger partial charge in [-0.1, -0.05) is 148 Å². The summed E-state index contributed by atoms with van der Waals surface area (Å²) in [7, 11) is 0. The van der Waals surface area contributed by atoms with Crippen molar-refractivity contribution in [2.24, 2.45) is 5.73 Å². The second-order valence-electron chi connectivity index (χ2n) is 19.9. The molecule has 0 amide bonds. The normalized spacial score (nSPS) is 10.1. The molecule has 0 unspecified atom stereocenters. The summed E-state index contributed by atoms with van der Waals surface area (Å²) in [6, 6.07) is 59.1. The Morgan fingerprint density at radius 2 is 0.629 bits per heavy atom. The van der Waals surface area contributed by atoms with Crippen LogP contribution in [0.5, 0.6) is 0 Å². The predicted octanol–water partition coefficient (Wildman–Crippen LogP) is 17.1. The molecule has 10 aromatic carbocycles. The molecule has 0 fully saturated rings. The van der Waals surface area contributed by atoms with Crippen molar-refractivity contribution in [3.8, 4) is 6.07 Å². The van der Waals surface area contributed by atoms with Gasteiger partial charge in [-0.15, -0.1) is 0 Å². The number of rotatable bonds is 17. The Morgan fingerprint density at radius 1 is 0.412 bits per heavy atom. The van der Waals surface area contributed by atoms with Crippen molar-refractivity contribution < 1.29 is 75.4 Å². The van der Waals surface area contributed by atoms with E-state index >= 15 is 0 Å². The van der Waals surface area contributed by atoms with Gasteiger partial charge in [0, 0.05) is 49.1 Å². The molecule has 0 aliphatic rings. The van der Waals surface area contributed by atoms with Crippen molar-refractivity contribution >= 4 is 66.3 Å². The molecular weight excluding hydrogens is 1360 g/mol. The molecule has 4 radical (unpaired) electrons. The van der Waals surface area contributed by atoms with Crippen LogP contribution in [0.4, 0.5) is 43.9 Å². The van der Waals surface area contributed by atoms with Gasteiger partial charge in [0.05, 0.1) is 12.5 Å². The van der Waals surface area contributed by atoms with Crippen molar-refractivity contribution in [1.82, 2.24) is 9.67 Å². The van der Waals surface area contributed by atoms with Gasteiger partial charge in [0.15, 0.2) is 5.78 Å². The zero-order valence-corrected chi connectivity index (χ0v) is 55.0. The summed E-state index contributed by atoms with van der Waals surface area (Å²) in [5.74, 6) is -4.65. The molecule has 7 nitrogen and oxygen atoms in total. The summed E-state index contributed by atoms with van der Waals surface area (Å²) in [5, 5.41) is 30.3. The van der Waals surface area contributed by atoms with Gasteiger partial charge in [-0.2, -0.15) is 5.26 Å². The summed E-state index contributed by atoms with van der Waals surface area (Å²) >= 11 is 10.9. The van der Waals surface area contributed by atoms with Crippen molar-refractivity contribution in [1.29, 1.82) is 5.26 Å². The number of nitrogens with two attached hydrogens (primary N) is 1. The quantitative estimate of drug-likeness (QED) is 0.0266. The third kappa shape index (κ3) is 26.5. The monoisotopic (exact) mass is 1430 g/mol. The number of benzene rings is 10. The maximum atomic E-state index is 13.3. The number of ketones is 1. The SMILES string of the molecule is C.C.Fc1cccc(C(=CCNCl)c2cccc(F)c2)c1.Fc1cccc(C(=CCNCl)c2cccc(F)c2)c1.N#CCC(O)(c1cccc(F)c1)c1cccc(F)c1.NCCC(O)(c1cccc(F)c1)c1cccc(F)c1.O=C(c1cccc(F)c1)c1cccc(F)c1.[AlH2].[B].[Ni]. The number of carbonyl (C=O) groups excluding carboxylic acids is 1. The topological polar surface area (TPSA) is 131 Å². The molecule has 10 rings (SSSR count). The van der Waals surface area contributed by atoms with Crippen LogP contribution in [0.3, 0.4) is 0 Å². The smallest absolute Gasteiger partial charge is 0.193 e. The number of hydrogen-bond donors (Lipinski definition) is 5. The van der Waals surface area contributed by atoms with Crippen molar-refractivity contribution in [3.05, 3.63) is 369 Å². The Bertz CT molecular complexity index is 3850. The Morgan fingerprint density at radius 3 is 0.845 bits per heavy atom. The van der Waals surface area contributed by atoms with E-state index in [0.717, 1.165) is 35.4 Å². The molecule has 6 N–H and O–H groups in total. The van der Waals surface area contributed by atoms with Gasteiger partial charge >= 0.3 is 0 Å². The molecule has 0 aliphatic heterocycles. The van der Waals surface area contributed by atoms with Crippen molar-refractivity contribution in [2.45, 2.75) is 38.9 Å². The summed E-state index contributed by atoms with van der Waals surface area (Å²) in [4.78, 5) is 16.8. The van der Waals surface area contributed by atoms with E-state index in [0.29, 0.717) is 46.5 Å². The van der Waals surface area contributed by atoms with E-state index in [9.17, 15) is 58.9 Å². The molecule has 0 saturated carbocycles. The number of nitrogens with one attached hydrogen (secondary N) is 2. The largest absolute Gasteiger partial charge is 0.380 e. The molecule has 0 heterocycles. The molecule has 0 saturated heterocycles. The summed E-state index contributed by atoms with van der Waals surface area (Å²) in [6.45, 7) is 0.983. The Hall–Kier alpha value is -8.39. The van der Waals surface area contributed by atoms with Crippen molar-refractivity contribution in [3.63, 3.8) is 0 Å². The minimum Gasteiger partial charge on any atom is -0.380 e. The first kappa shape index (κ1) is 86.6. The van der Waals surface area contributed by atoms with E-state index in [1.807, 2.05) is 6.07 Å². The van der Waals surface area contributed by atoms with Gasteiger partial charge < -0.3 is 15.9 Å². The van der Waals surface area contributed by atoms with E-state index < -0.39 is 46.1 Å². The first-order valence-corrected chi connectivity index (χ1v) is 28.7. The molecule has 10 aromatic rings. The fourth-order valence-electron chi connectivity index (χ4n) is 9.27. The van der Waals surface area contributed by atoms with Gasteiger partial charge in [0.1, 0.15) is 86.7 Å². The van der Waals surface area contributed by atoms with Crippen LogP contribution in [-0.2, 0) is 27.7 Å². The van der Waals surface area contributed by atoms with Crippen LogP contribution in [0.25, 0.3) is 11.1 Å². The van der Waals surface area contributed by atoms with E-state index in [1.165, 1.54) is 158 Å². The van der Waals surface area contributed by atoms with Gasteiger partial charge in [-0.25, -0.2) is 53.6 Å². The van der Waals surface area contributed by atoms with Crippen LogP contribution in [0.15, 0.2) is 255 Å². The minimum absolute atomic E-state index is 0. The fraction of sp³-hybridized carbons (Fsp3) is 0.120. The average molecular weight is 1430 g/mol. The summed E-state index contributed by atoms with van der Waals surface area (Å²) in [6.07, 6.45) is 3.47. The summed E-state index contributed by atoms with van der Waals surface area (Å²) in [5.41, 5.74) is 8.08. The number of hydrogen-bond acceptors (Lipinski definition) is 7. The van der Waals surface area contributed by atoms with E-state index in [1.54, 1.807) is 72.8 Å². The Balaban J connectivity index is 0.000000599. The molecule has 0 bridgehead atoms. The molecule has 0 aromatic heterocycles. The van der Waals surface area contributed by atoms with Crippen molar-refractivity contribution in [2.75, 3.05) is 19.6 Å².